The minimum absolute atomic E-state index is 0.0466. The summed E-state index contributed by atoms with van der Waals surface area (Å²) >= 11 is 12.6. The van der Waals surface area contributed by atoms with E-state index in [1.807, 2.05) is 36.5 Å². The Kier molecular flexibility index (Phi) is 6.30. The summed E-state index contributed by atoms with van der Waals surface area (Å²) < 4.78 is 0. The molecule has 0 spiro atoms. The molecule has 2 aromatic carbocycles. The molecule has 1 atom stereocenters. The van der Waals surface area contributed by atoms with Crippen LogP contribution in [0.4, 0.5) is 0 Å². The van der Waals surface area contributed by atoms with E-state index in [1.165, 1.54) is 0 Å². The Balaban J connectivity index is 1.58. The summed E-state index contributed by atoms with van der Waals surface area (Å²) in [6, 6.07) is 13.4. The number of hydrogen-bond acceptors (Lipinski definition) is 2. The molecule has 0 bridgehead atoms. The van der Waals surface area contributed by atoms with Gasteiger partial charge in [-0.25, -0.2) is 0 Å². The summed E-state index contributed by atoms with van der Waals surface area (Å²) in [7, 11) is 0. The molecule has 1 saturated heterocycles. The first-order valence-electron chi connectivity index (χ1n) is 10.1. The molecule has 2 amide bonds. The maximum absolute atomic E-state index is 12.6. The molecule has 0 saturated carbocycles. The lowest BCUT2D eigenvalue weighted by Gasteiger charge is -2.26. The zero-order valence-corrected chi connectivity index (χ0v) is 18.0. The van der Waals surface area contributed by atoms with Crippen LogP contribution in [0.3, 0.4) is 0 Å². The van der Waals surface area contributed by atoms with Gasteiger partial charge in [-0.3, -0.25) is 9.59 Å². The number of halogens is 2. The number of likely N-dealkylation sites (tertiary alicyclic amines) is 1. The van der Waals surface area contributed by atoms with Crippen LogP contribution in [0.2, 0.25) is 10.0 Å². The highest BCUT2D eigenvalue weighted by atomic mass is 35.5. The SMILES string of the molecule is O=C(CN1CCCCC1=O)NCC(c1ccc(Cl)cc1Cl)c1c[nH]c2ccccc12. The van der Waals surface area contributed by atoms with Gasteiger partial charge >= 0.3 is 0 Å². The second kappa shape index (κ2) is 9.11. The van der Waals surface area contributed by atoms with Gasteiger partial charge in [-0.1, -0.05) is 47.5 Å². The number of aromatic nitrogens is 1. The number of piperidine rings is 1. The number of carbonyl (C=O) groups is 2. The second-order valence-electron chi connectivity index (χ2n) is 7.58. The van der Waals surface area contributed by atoms with Gasteiger partial charge < -0.3 is 15.2 Å². The third-order valence-corrected chi connectivity index (χ3v) is 6.16. The molecule has 7 heteroatoms. The van der Waals surface area contributed by atoms with Gasteiger partial charge in [0.2, 0.25) is 11.8 Å². The molecule has 2 heterocycles. The van der Waals surface area contributed by atoms with Crippen molar-refractivity contribution in [2.45, 2.75) is 25.2 Å². The van der Waals surface area contributed by atoms with E-state index < -0.39 is 0 Å². The standard InChI is InChI=1S/C23H23Cl2N3O2/c24-15-8-9-16(20(25)11-15)18(19-12-26-21-6-2-1-5-17(19)21)13-27-22(29)14-28-10-4-3-7-23(28)30/h1-2,5-6,8-9,11-12,18,26H,3-4,7,10,13-14H2,(H,27,29). The van der Waals surface area contributed by atoms with Crippen LogP contribution in [-0.4, -0.2) is 41.3 Å². The summed E-state index contributed by atoms with van der Waals surface area (Å²) in [5, 5.41) is 5.20. The Labute approximate surface area is 185 Å². The third kappa shape index (κ3) is 4.47. The summed E-state index contributed by atoms with van der Waals surface area (Å²) in [4.78, 5) is 29.5. The van der Waals surface area contributed by atoms with Gasteiger partial charge in [-0.05, 0) is 42.2 Å². The molecule has 156 valence electrons. The lowest BCUT2D eigenvalue weighted by Crippen LogP contribution is -2.43. The summed E-state index contributed by atoms with van der Waals surface area (Å²) in [6.45, 7) is 1.10. The lowest BCUT2D eigenvalue weighted by molar-refractivity contribution is -0.137. The number of nitrogens with one attached hydrogen (secondary N) is 2. The molecule has 0 aliphatic carbocycles. The fourth-order valence-electron chi connectivity index (χ4n) is 4.03. The van der Waals surface area contributed by atoms with Gasteiger partial charge in [0, 0.05) is 52.6 Å². The quantitative estimate of drug-likeness (QED) is 0.577. The van der Waals surface area contributed by atoms with E-state index in [2.05, 4.69) is 10.3 Å². The zero-order chi connectivity index (χ0) is 21.1. The molecule has 30 heavy (non-hydrogen) atoms. The number of carbonyl (C=O) groups excluding carboxylic acids is 2. The Hall–Kier alpha value is -2.50. The number of nitrogens with zero attached hydrogens (tertiary/aromatic N) is 1. The number of H-pyrrole nitrogens is 1. The van der Waals surface area contributed by atoms with Crippen molar-refractivity contribution in [3.63, 3.8) is 0 Å². The molecule has 1 aliphatic heterocycles. The summed E-state index contributed by atoms with van der Waals surface area (Å²) in [6.07, 6.45) is 4.32. The van der Waals surface area contributed by atoms with Crippen molar-refractivity contribution in [3.8, 4) is 0 Å². The van der Waals surface area contributed by atoms with E-state index in [0.29, 0.717) is 29.6 Å². The van der Waals surface area contributed by atoms with E-state index >= 15 is 0 Å². The lowest BCUT2D eigenvalue weighted by atomic mass is 9.90. The molecule has 0 radical (unpaired) electrons. The topological polar surface area (TPSA) is 65.2 Å². The molecular formula is C23H23Cl2N3O2. The number of amides is 2. The van der Waals surface area contributed by atoms with Crippen molar-refractivity contribution in [1.29, 1.82) is 0 Å². The summed E-state index contributed by atoms with van der Waals surface area (Å²) in [5.74, 6) is -0.280. The fourth-order valence-corrected chi connectivity index (χ4v) is 4.57. The van der Waals surface area contributed by atoms with Gasteiger partial charge in [0.15, 0.2) is 0 Å². The van der Waals surface area contributed by atoms with Gasteiger partial charge in [0.1, 0.15) is 0 Å². The van der Waals surface area contributed by atoms with Crippen LogP contribution in [0.1, 0.15) is 36.3 Å². The molecule has 3 aromatic rings. The van der Waals surface area contributed by atoms with Crippen molar-refractivity contribution >= 4 is 45.9 Å². The largest absolute Gasteiger partial charge is 0.361 e. The first kappa shape index (κ1) is 20.8. The predicted molar refractivity (Wildman–Crippen MR) is 120 cm³/mol. The van der Waals surface area contributed by atoms with Gasteiger partial charge in [-0.2, -0.15) is 0 Å². The maximum Gasteiger partial charge on any atom is 0.239 e. The highest BCUT2D eigenvalue weighted by molar-refractivity contribution is 6.35. The van der Waals surface area contributed by atoms with E-state index in [-0.39, 0.29) is 24.3 Å². The van der Waals surface area contributed by atoms with E-state index in [4.69, 9.17) is 23.2 Å². The second-order valence-corrected chi connectivity index (χ2v) is 8.43. The molecule has 1 unspecified atom stereocenters. The van der Waals surface area contributed by atoms with Crippen molar-refractivity contribution in [2.24, 2.45) is 0 Å². The van der Waals surface area contributed by atoms with Crippen LogP contribution in [0.5, 0.6) is 0 Å². The van der Waals surface area contributed by atoms with Crippen LogP contribution in [0, 0.1) is 0 Å². The van der Waals surface area contributed by atoms with Crippen molar-refractivity contribution in [1.82, 2.24) is 15.2 Å². The first-order chi connectivity index (χ1) is 14.5. The van der Waals surface area contributed by atoms with Crippen LogP contribution in [0.25, 0.3) is 10.9 Å². The monoisotopic (exact) mass is 443 g/mol. The number of aromatic amines is 1. The maximum atomic E-state index is 12.6. The minimum Gasteiger partial charge on any atom is -0.361 e. The number of fused-ring (bicyclic) bond motifs is 1. The van der Waals surface area contributed by atoms with Crippen molar-refractivity contribution in [3.05, 3.63) is 69.8 Å². The van der Waals surface area contributed by atoms with Crippen molar-refractivity contribution in [2.75, 3.05) is 19.6 Å². The zero-order valence-electron chi connectivity index (χ0n) is 16.5. The average Bonchev–Trinajstić information content (AvgIpc) is 3.15. The Bertz CT molecular complexity index is 1080. The van der Waals surface area contributed by atoms with Crippen molar-refractivity contribution < 1.29 is 9.59 Å². The van der Waals surface area contributed by atoms with Crippen LogP contribution in [-0.2, 0) is 9.59 Å². The highest BCUT2D eigenvalue weighted by Crippen LogP contribution is 2.35. The number of para-hydroxylation sites is 1. The third-order valence-electron chi connectivity index (χ3n) is 5.59. The molecule has 2 N–H and O–H groups in total. The molecule has 1 aliphatic rings. The molecule has 4 rings (SSSR count). The van der Waals surface area contributed by atoms with E-state index in [1.54, 1.807) is 17.0 Å². The molecule has 1 fully saturated rings. The smallest absolute Gasteiger partial charge is 0.239 e. The van der Waals surface area contributed by atoms with Gasteiger partial charge in [-0.15, -0.1) is 0 Å². The number of rotatable bonds is 6. The van der Waals surface area contributed by atoms with E-state index in [9.17, 15) is 9.59 Å². The Morgan fingerprint density at radius 2 is 1.97 bits per heavy atom. The molecular weight excluding hydrogens is 421 g/mol. The summed E-state index contributed by atoms with van der Waals surface area (Å²) in [5.41, 5.74) is 2.96. The molecule has 5 nitrogen and oxygen atoms in total. The Morgan fingerprint density at radius 3 is 2.77 bits per heavy atom. The van der Waals surface area contributed by atoms with Gasteiger partial charge in [0.25, 0.3) is 0 Å². The van der Waals surface area contributed by atoms with Crippen LogP contribution in [0.15, 0.2) is 48.7 Å². The number of hydrogen-bond donors (Lipinski definition) is 2. The highest BCUT2D eigenvalue weighted by Gasteiger charge is 2.24. The number of benzene rings is 2. The normalized spacial score (nSPS) is 15.4. The van der Waals surface area contributed by atoms with Gasteiger partial charge in [0.05, 0.1) is 6.54 Å². The fraction of sp³-hybridized carbons (Fsp3) is 0.304. The average molecular weight is 444 g/mol. The predicted octanol–water partition coefficient (Wildman–Crippen LogP) is 4.74. The minimum atomic E-state index is -0.167. The van der Waals surface area contributed by atoms with Crippen LogP contribution >= 0.6 is 23.2 Å². The molecule has 1 aromatic heterocycles. The first-order valence-corrected chi connectivity index (χ1v) is 10.8. The Morgan fingerprint density at radius 1 is 1.13 bits per heavy atom. The van der Waals surface area contributed by atoms with E-state index in [0.717, 1.165) is 34.9 Å². The van der Waals surface area contributed by atoms with Crippen LogP contribution < -0.4 is 5.32 Å².